The van der Waals surface area contributed by atoms with E-state index >= 15 is 0 Å². The zero-order chi connectivity index (χ0) is 21.9. The highest BCUT2D eigenvalue weighted by atomic mass is 19.1. The van der Waals surface area contributed by atoms with E-state index in [2.05, 4.69) is 53.7 Å². The second-order valence-electron chi connectivity index (χ2n) is 10.5. The maximum atomic E-state index is 14.6. The first-order chi connectivity index (χ1) is 14.1. The average molecular weight is 413 g/mol. The zero-order valence-corrected chi connectivity index (χ0v) is 19.4. The summed E-state index contributed by atoms with van der Waals surface area (Å²) in [7, 11) is 0. The topological polar surface area (TPSA) is 18.5 Å². The van der Waals surface area contributed by atoms with Gasteiger partial charge in [-0.3, -0.25) is 0 Å². The van der Waals surface area contributed by atoms with Crippen molar-refractivity contribution >= 4 is 0 Å². The summed E-state index contributed by atoms with van der Waals surface area (Å²) in [5.74, 6) is 0.177. The van der Waals surface area contributed by atoms with Gasteiger partial charge in [-0.15, -0.1) is 0 Å². The van der Waals surface area contributed by atoms with Gasteiger partial charge in [-0.25, -0.2) is 4.39 Å². The van der Waals surface area contributed by atoms with E-state index in [0.29, 0.717) is 11.5 Å². The summed E-state index contributed by atoms with van der Waals surface area (Å²) >= 11 is 0. The van der Waals surface area contributed by atoms with Gasteiger partial charge in [-0.1, -0.05) is 77.9 Å². The Hall–Kier alpha value is -1.71. The van der Waals surface area contributed by atoms with Crippen LogP contribution < -0.4 is 0 Å². The van der Waals surface area contributed by atoms with Gasteiger partial charge in [-0.05, 0) is 53.4 Å². The number of rotatable bonds is 7. The van der Waals surface area contributed by atoms with Crippen LogP contribution in [0.3, 0.4) is 0 Å². The van der Waals surface area contributed by atoms with Crippen LogP contribution in [0.5, 0.6) is 0 Å². The number of hydrogen-bond acceptors (Lipinski definition) is 2. The highest BCUT2D eigenvalue weighted by Gasteiger charge is 2.29. The van der Waals surface area contributed by atoms with Crippen molar-refractivity contribution in [3.63, 3.8) is 0 Å². The lowest BCUT2D eigenvalue weighted by molar-refractivity contribution is -0.224. The molecule has 3 rings (SSSR count). The van der Waals surface area contributed by atoms with Gasteiger partial charge >= 0.3 is 0 Å². The van der Waals surface area contributed by atoms with Gasteiger partial charge in [0.15, 0.2) is 6.29 Å². The third-order valence-corrected chi connectivity index (χ3v) is 6.20. The average Bonchev–Trinajstić information content (AvgIpc) is 2.69. The summed E-state index contributed by atoms with van der Waals surface area (Å²) in [5.41, 5.74) is 4.06. The molecule has 1 fully saturated rings. The molecule has 0 spiro atoms. The highest BCUT2D eigenvalue weighted by molar-refractivity contribution is 5.65. The van der Waals surface area contributed by atoms with Gasteiger partial charge < -0.3 is 9.47 Å². The van der Waals surface area contributed by atoms with Gasteiger partial charge in [0.05, 0.1) is 13.2 Å². The van der Waals surface area contributed by atoms with Crippen molar-refractivity contribution in [2.75, 3.05) is 13.2 Å². The quantitative estimate of drug-likeness (QED) is 0.470. The molecule has 0 N–H and O–H groups in total. The molecule has 2 aromatic carbocycles. The van der Waals surface area contributed by atoms with E-state index in [-0.39, 0.29) is 22.9 Å². The predicted octanol–water partition coefficient (Wildman–Crippen LogP) is 7.46. The summed E-state index contributed by atoms with van der Waals surface area (Å²) in [4.78, 5) is 0. The Kier molecular flexibility index (Phi) is 7.04. The van der Waals surface area contributed by atoms with Crippen LogP contribution in [0, 0.1) is 11.2 Å². The van der Waals surface area contributed by atoms with Crippen LogP contribution in [-0.2, 0) is 14.9 Å². The molecule has 2 nitrogen and oxygen atoms in total. The molecular weight excluding hydrogens is 375 g/mol. The van der Waals surface area contributed by atoms with Gasteiger partial charge in [0.25, 0.3) is 0 Å². The molecule has 1 saturated heterocycles. The van der Waals surface area contributed by atoms with E-state index in [0.717, 1.165) is 43.6 Å². The summed E-state index contributed by atoms with van der Waals surface area (Å²) in [6, 6.07) is 13.9. The maximum absolute atomic E-state index is 14.6. The van der Waals surface area contributed by atoms with Crippen molar-refractivity contribution in [1.82, 2.24) is 0 Å². The molecule has 30 heavy (non-hydrogen) atoms. The predicted molar refractivity (Wildman–Crippen MR) is 122 cm³/mol. The molecule has 2 aromatic rings. The fraction of sp³-hybridized carbons (Fsp3) is 0.556. The molecule has 1 aliphatic rings. The Morgan fingerprint density at radius 1 is 1.03 bits per heavy atom. The van der Waals surface area contributed by atoms with Gasteiger partial charge in [0, 0.05) is 11.0 Å². The minimum atomic E-state index is -0.149. The van der Waals surface area contributed by atoms with Crippen LogP contribution >= 0.6 is 0 Å². The van der Waals surface area contributed by atoms with Gasteiger partial charge in [-0.2, -0.15) is 0 Å². The van der Waals surface area contributed by atoms with E-state index in [4.69, 9.17) is 9.47 Å². The van der Waals surface area contributed by atoms with Crippen LogP contribution in [0.2, 0.25) is 0 Å². The fourth-order valence-electron chi connectivity index (χ4n) is 3.97. The van der Waals surface area contributed by atoms with Crippen molar-refractivity contribution in [1.29, 1.82) is 0 Å². The van der Waals surface area contributed by atoms with Crippen LogP contribution in [0.15, 0.2) is 42.5 Å². The van der Waals surface area contributed by atoms with Gasteiger partial charge in [0.1, 0.15) is 5.82 Å². The lowest BCUT2D eigenvalue weighted by Gasteiger charge is -2.35. The first-order valence-corrected chi connectivity index (χ1v) is 11.2. The Morgan fingerprint density at radius 3 is 2.23 bits per heavy atom. The van der Waals surface area contributed by atoms with E-state index in [1.807, 2.05) is 24.3 Å². The molecule has 0 atom stereocenters. The summed E-state index contributed by atoms with van der Waals surface area (Å²) in [5, 5.41) is 0. The van der Waals surface area contributed by atoms with Crippen molar-refractivity contribution in [3.05, 3.63) is 59.4 Å². The van der Waals surface area contributed by atoms with Crippen molar-refractivity contribution in [3.8, 4) is 11.1 Å². The van der Waals surface area contributed by atoms with Crippen molar-refractivity contribution in [2.24, 2.45) is 5.41 Å². The minimum absolute atomic E-state index is 0.0481. The second-order valence-corrected chi connectivity index (χ2v) is 10.5. The largest absolute Gasteiger partial charge is 0.352 e. The van der Waals surface area contributed by atoms with Gasteiger partial charge in [0.2, 0.25) is 0 Å². The Bertz CT molecular complexity index is 826. The second kappa shape index (κ2) is 9.20. The lowest BCUT2D eigenvalue weighted by Crippen LogP contribution is -2.37. The summed E-state index contributed by atoms with van der Waals surface area (Å²) in [6.07, 6.45) is 2.94. The molecular formula is C27H37FO2. The monoisotopic (exact) mass is 412 g/mol. The zero-order valence-electron chi connectivity index (χ0n) is 19.4. The molecule has 0 aromatic heterocycles. The third kappa shape index (κ3) is 5.70. The Labute approximate surface area is 181 Å². The van der Waals surface area contributed by atoms with Crippen LogP contribution in [-0.4, -0.2) is 19.5 Å². The van der Waals surface area contributed by atoms with E-state index < -0.39 is 0 Å². The Balaban J connectivity index is 1.59. The summed E-state index contributed by atoms with van der Waals surface area (Å²) in [6.45, 7) is 14.6. The smallest absolute Gasteiger partial charge is 0.157 e. The first-order valence-electron chi connectivity index (χ1n) is 11.2. The molecule has 0 amide bonds. The lowest BCUT2D eigenvalue weighted by atomic mass is 9.79. The molecule has 0 unspecified atom stereocenters. The highest BCUT2D eigenvalue weighted by Crippen LogP contribution is 2.33. The van der Waals surface area contributed by atoms with E-state index in [1.165, 1.54) is 5.56 Å². The van der Waals surface area contributed by atoms with Crippen LogP contribution in [0.4, 0.5) is 4.39 Å². The van der Waals surface area contributed by atoms with Crippen LogP contribution in [0.1, 0.15) is 77.8 Å². The summed E-state index contributed by atoms with van der Waals surface area (Å²) < 4.78 is 26.3. The number of ether oxygens (including phenoxy) is 2. The molecule has 1 aliphatic heterocycles. The van der Waals surface area contributed by atoms with Crippen LogP contribution in [0.25, 0.3) is 11.1 Å². The standard InChI is InChI=1S/C27H37FO2/c1-19(2)21-11-14-23(24(28)16-21)20-9-12-22(13-10-20)27(5,6)15-7-8-25-29-17-26(3,4)18-30-25/h9-14,16,19,25H,7-8,15,17-18H2,1-6H3. The first kappa shape index (κ1) is 23.0. The van der Waals surface area contributed by atoms with E-state index in [9.17, 15) is 4.39 Å². The number of benzene rings is 2. The molecule has 1 heterocycles. The van der Waals surface area contributed by atoms with Crippen molar-refractivity contribution < 1.29 is 13.9 Å². The minimum Gasteiger partial charge on any atom is -0.352 e. The Morgan fingerprint density at radius 2 is 1.67 bits per heavy atom. The molecule has 0 aliphatic carbocycles. The number of halogens is 1. The molecule has 3 heteroatoms. The maximum Gasteiger partial charge on any atom is 0.157 e. The molecule has 164 valence electrons. The SMILES string of the molecule is CC(C)c1ccc(-c2ccc(C(C)(C)CCCC3OCC(C)(C)CO3)cc2)c(F)c1. The van der Waals surface area contributed by atoms with Crippen molar-refractivity contribution in [2.45, 2.75) is 78.4 Å². The fourth-order valence-corrected chi connectivity index (χ4v) is 3.97. The number of hydrogen-bond donors (Lipinski definition) is 0. The third-order valence-electron chi connectivity index (χ3n) is 6.20. The van der Waals surface area contributed by atoms with E-state index in [1.54, 1.807) is 6.07 Å². The molecule has 0 radical (unpaired) electrons. The molecule has 0 saturated carbocycles. The normalized spacial score (nSPS) is 17.5. The molecule has 0 bridgehead atoms.